The first kappa shape index (κ1) is 25.2. The summed E-state index contributed by atoms with van der Waals surface area (Å²) in [6.45, 7) is 0.298. The quantitative estimate of drug-likeness (QED) is 0.456. The second kappa shape index (κ2) is 10.3. The first-order chi connectivity index (χ1) is 16.7. The molecular weight excluding hydrogens is 503 g/mol. The van der Waals surface area contributed by atoms with Crippen LogP contribution in [0.5, 0.6) is 0 Å². The van der Waals surface area contributed by atoms with E-state index in [0.29, 0.717) is 34.8 Å². The van der Waals surface area contributed by atoms with Gasteiger partial charge >= 0.3 is 0 Å². The number of nitrogens with one attached hydrogen (secondary N) is 3. The molecule has 35 heavy (non-hydrogen) atoms. The third-order valence-corrected chi connectivity index (χ3v) is 6.67. The Bertz CT molecular complexity index is 1240. The van der Waals surface area contributed by atoms with Crippen molar-refractivity contribution < 1.29 is 22.8 Å². The zero-order chi connectivity index (χ0) is 25.3. The van der Waals surface area contributed by atoms with Crippen molar-refractivity contribution in [2.75, 3.05) is 13.6 Å². The van der Waals surface area contributed by atoms with Crippen molar-refractivity contribution in [3.05, 3.63) is 63.7 Å². The highest BCUT2D eigenvalue weighted by molar-refractivity contribution is 6.35. The molecule has 1 saturated heterocycles. The molecule has 1 fully saturated rings. The summed E-state index contributed by atoms with van der Waals surface area (Å²) in [5, 5.41) is 13.1. The number of carbonyl (C=O) groups excluding carboxylic acids is 2. The van der Waals surface area contributed by atoms with E-state index in [1.165, 1.54) is 23.0 Å². The molecule has 3 N–H and O–H groups in total. The molecule has 8 nitrogen and oxygen atoms in total. The van der Waals surface area contributed by atoms with Gasteiger partial charge < -0.3 is 20.4 Å². The summed E-state index contributed by atoms with van der Waals surface area (Å²) in [6, 6.07) is 4.41. The van der Waals surface area contributed by atoms with Crippen LogP contribution in [0.2, 0.25) is 10.2 Å². The molecule has 0 saturated carbocycles. The van der Waals surface area contributed by atoms with E-state index in [0.717, 1.165) is 12.1 Å². The van der Waals surface area contributed by atoms with E-state index < -0.39 is 23.6 Å². The van der Waals surface area contributed by atoms with Gasteiger partial charge in [0.15, 0.2) is 17.4 Å². The van der Waals surface area contributed by atoms with Gasteiger partial charge in [0.1, 0.15) is 0 Å². The largest absolute Gasteiger partial charge is 0.439 e. The molecule has 1 aliphatic rings. The van der Waals surface area contributed by atoms with Gasteiger partial charge in [-0.2, -0.15) is 5.10 Å². The first-order valence-electron chi connectivity index (χ1n) is 10.8. The van der Waals surface area contributed by atoms with Gasteiger partial charge in [-0.05, 0) is 35.7 Å². The Balaban J connectivity index is 1.57. The molecule has 3 atom stereocenters. The number of rotatable bonds is 6. The van der Waals surface area contributed by atoms with Crippen molar-refractivity contribution in [3.63, 3.8) is 0 Å². The number of aromatic nitrogens is 2. The van der Waals surface area contributed by atoms with Crippen molar-refractivity contribution in [2.45, 2.75) is 30.8 Å². The molecule has 2 amide bonds. The molecule has 0 spiro atoms. The summed E-state index contributed by atoms with van der Waals surface area (Å²) in [5.74, 6) is -3.07. The average Bonchev–Trinajstić information content (AvgIpc) is 3.37. The predicted octanol–water partition coefficient (Wildman–Crippen LogP) is 3.65. The smallest absolute Gasteiger partial charge is 0.287 e. The highest BCUT2D eigenvalue weighted by Gasteiger charge is 2.34. The SMILES string of the molecule is CNC(=O)C[C@@H]1C[C@@H](c2ccc(F)c(F)c2)[C@H](NC(=O)c2cc(-c3c(Cl)cnn3C)c(Cl)o2)CN1. The van der Waals surface area contributed by atoms with Gasteiger partial charge in [0.2, 0.25) is 11.1 Å². The van der Waals surface area contributed by atoms with Gasteiger partial charge in [0.05, 0.1) is 22.5 Å². The van der Waals surface area contributed by atoms with Gasteiger partial charge in [0, 0.05) is 51.1 Å². The molecule has 0 bridgehead atoms. The third-order valence-electron chi connectivity index (χ3n) is 6.11. The van der Waals surface area contributed by atoms with Crippen molar-refractivity contribution in [3.8, 4) is 11.3 Å². The summed E-state index contributed by atoms with van der Waals surface area (Å²) >= 11 is 12.4. The van der Waals surface area contributed by atoms with Crippen LogP contribution >= 0.6 is 23.2 Å². The van der Waals surface area contributed by atoms with E-state index >= 15 is 0 Å². The van der Waals surface area contributed by atoms with Crippen LogP contribution in [0, 0.1) is 11.6 Å². The van der Waals surface area contributed by atoms with Crippen molar-refractivity contribution in [2.24, 2.45) is 7.05 Å². The third kappa shape index (κ3) is 5.34. The van der Waals surface area contributed by atoms with Gasteiger partial charge in [-0.1, -0.05) is 17.7 Å². The fourth-order valence-corrected chi connectivity index (χ4v) is 4.82. The average molecular weight is 526 g/mol. The Hall–Kier alpha value is -2.95. The zero-order valence-corrected chi connectivity index (χ0v) is 20.4. The van der Waals surface area contributed by atoms with Crippen molar-refractivity contribution in [1.29, 1.82) is 0 Å². The highest BCUT2D eigenvalue weighted by Crippen LogP contribution is 2.36. The fraction of sp³-hybridized carbons (Fsp3) is 0.348. The minimum atomic E-state index is -0.982. The van der Waals surface area contributed by atoms with E-state index in [1.54, 1.807) is 14.1 Å². The maximum Gasteiger partial charge on any atom is 0.287 e. The van der Waals surface area contributed by atoms with Gasteiger partial charge in [-0.15, -0.1) is 0 Å². The molecule has 4 rings (SSSR count). The Morgan fingerprint density at radius 1 is 1.26 bits per heavy atom. The summed E-state index contributed by atoms with van der Waals surface area (Å²) in [4.78, 5) is 25.0. The molecule has 2 aromatic heterocycles. The molecule has 0 aliphatic carbocycles. The van der Waals surface area contributed by atoms with Crippen LogP contribution in [0.15, 0.2) is 34.9 Å². The summed E-state index contributed by atoms with van der Waals surface area (Å²) in [7, 11) is 3.22. The maximum absolute atomic E-state index is 14.0. The lowest BCUT2D eigenvalue weighted by Crippen LogP contribution is -2.54. The van der Waals surface area contributed by atoms with Crippen LogP contribution in [0.25, 0.3) is 11.3 Å². The Kier molecular flexibility index (Phi) is 7.44. The van der Waals surface area contributed by atoms with E-state index in [4.69, 9.17) is 27.6 Å². The monoisotopic (exact) mass is 525 g/mol. The number of carbonyl (C=O) groups is 2. The van der Waals surface area contributed by atoms with E-state index in [-0.39, 0.29) is 35.3 Å². The number of amides is 2. The van der Waals surface area contributed by atoms with Gasteiger partial charge in [-0.3, -0.25) is 14.3 Å². The van der Waals surface area contributed by atoms with Crippen LogP contribution in [-0.2, 0) is 11.8 Å². The van der Waals surface area contributed by atoms with Crippen molar-refractivity contribution >= 4 is 35.0 Å². The minimum absolute atomic E-state index is 0.0229. The fourth-order valence-electron chi connectivity index (χ4n) is 4.33. The summed E-state index contributed by atoms with van der Waals surface area (Å²) < 4.78 is 34.6. The van der Waals surface area contributed by atoms with E-state index in [2.05, 4.69) is 21.0 Å². The number of nitrogens with zero attached hydrogens (tertiary/aromatic N) is 2. The lowest BCUT2D eigenvalue weighted by molar-refractivity contribution is -0.121. The van der Waals surface area contributed by atoms with Crippen LogP contribution in [0.3, 0.4) is 0 Å². The lowest BCUT2D eigenvalue weighted by atomic mass is 9.81. The number of hydrogen-bond donors (Lipinski definition) is 3. The molecular formula is C23H23Cl2F2N5O3. The molecule has 0 radical (unpaired) electrons. The standard InChI is InChI=1S/C23H23Cl2F2N5O3/c1-28-20(33)7-12-6-13(11-3-4-16(26)17(27)5-11)18(10-29-12)31-23(34)19-8-14(22(25)35-19)21-15(24)9-30-32(21)2/h3-5,8-9,12-13,18,29H,6-7,10H2,1-2H3,(H,28,33)(H,31,34)/t12-,13-,18+/m0/s1. The summed E-state index contributed by atoms with van der Waals surface area (Å²) in [6.07, 6.45) is 2.08. The number of halogens is 4. The number of furan rings is 1. The topological polar surface area (TPSA) is 101 Å². The van der Waals surface area contributed by atoms with Gasteiger partial charge in [-0.25, -0.2) is 8.78 Å². The van der Waals surface area contributed by atoms with Crippen LogP contribution in [0.1, 0.15) is 34.9 Å². The van der Waals surface area contributed by atoms with E-state index in [9.17, 15) is 18.4 Å². The van der Waals surface area contributed by atoms with Crippen LogP contribution in [-0.4, -0.2) is 47.3 Å². The number of aryl methyl sites for hydroxylation is 1. The molecule has 1 aliphatic heterocycles. The Labute approximate surface area is 210 Å². The Morgan fingerprint density at radius 3 is 2.69 bits per heavy atom. The predicted molar refractivity (Wildman–Crippen MR) is 126 cm³/mol. The lowest BCUT2D eigenvalue weighted by Gasteiger charge is -2.37. The molecule has 186 valence electrons. The zero-order valence-electron chi connectivity index (χ0n) is 18.9. The van der Waals surface area contributed by atoms with Crippen LogP contribution in [0.4, 0.5) is 8.78 Å². The molecule has 12 heteroatoms. The number of hydrogen-bond acceptors (Lipinski definition) is 5. The van der Waals surface area contributed by atoms with Crippen LogP contribution < -0.4 is 16.0 Å². The summed E-state index contributed by atoms with van der Waals surface area (Å²) in [5.41, 5.74) is 1.42. The minimum Gasteiger partial charge on any atom is -0.439 e. The Morgan fingerprint density at radius 2 is 2.03 bits per heavy atom. The molecule has 0 unspecified atom stereocenters. The van der Waals surface area contributed by atoms with Crippen molar-refractivity contribution in [1.82, 2.24) is 25.7 Å². The second-order valence-electron chi connectivity index (χ2n) is 8.34. The molecule has 3 heterocycles. The number of piperidine rings is 1. The maximum atomic E-state index is 14.0. The van der Waals surface area contributed by atoms with E-state index in [1.807, 2.05) is 0 Å². The number of benzene rings is 1. The normalized spacial score (nSPS) is 20.0. The molecule has 1 aromatic carbocycles. The first-order valence-corrected chi connectivity index (χ1v) is 11.6. The second-order valence-corrected chi connectivity index (χ2v) is 9.09. The highest BCUT2D eigenvalue weighted by atomic mass is 35.5. The molecule has 3 aromatic rings. The van der Waals surface area contributed by atoms with Gasteiger partial charge in [0.25, 0.3) is 5.91 Å².